The molecule has 1 aromatic rings. The molecule has 3 atom stereocenters. The van der Waals surface area contributed by atoms with E-state index in [1.54, 1.807) is 0 Å². The summed E-state index contributed by atoms with van der Waals surface area (Å²) in [7, 11) is 0. The first kappa shape index (κ1) is 11.0. The summed E-state index contributed by atoms with van der Waals surface area (Å²) in [6.07, 6.45) is 4.32. The van der Waals surface area contributed by atoms with Gasteiger partial charge in [0.2, 0.25) is 0 Å². The summed E-state index contributed by atoms with van der Waals surface area (Å²) in [6.45, 7) is 1.24. The Labute approximate surface area is 97.7 Å². The van der Waals surface area contributed by atoms with E-state index in [1.807, 2.05) is 0 Å². The molecular weight excluding hydrogens is 206 g/mol. The van der Waals surface area contributed by atoms with Crippen LogP contribution in [0.5, 0.6) is 0 Å². The smallest absolute Gasteiger partial charge is 0.0351 e. The normalized spacial score (nSPS) is 33.5. The second-order valence-electron chi connectivity index (χ2n) is 4.65. The van der Waals surface area contributed by atoms with Crippen molar-refractivity contribution in [2.75, 3.05) is 6.54 Å². The highest BCUT2D eigenvalue weighted by Crippen LogP contribution is 2.44. The molecule has 2 heteroatoms. The van der Waals surface area contributed by atoms with Gasteiger partial charge in [0.15, 0.2) is 0 Å². The number of hydrogen-bond acceptors (Lipinski definition) is 1. The van der Waals surface area contributed by atoms with Crippen LogP contribution in [0.1, 0.15) is 30.9 Å². The van der Waals surface area contributed by atoms with Crippen LogP contribution in [0.4, 0.5) is 0 Å². The summed E-state index contributed by atoms with van der Waals surface area (Å²) in [4.78, 5) is 0. The van der Waals surface area contributed by atoms with E-state index in [4.69, 9.17) is 0 Å². The summed E-state index contributed by atoms with van der Waals surface area (Å²) in [5, 5.41) is 3.67. The third-order valence-electron chi connectivity index (χ3n) is 3.90. The van der Waals surface area contributed by atoms with Crippen molar-refractivity contribution < 1.29 is 0 Å². The van der Waals surface area contributed by atoms with Gasteiger partial charge in [0.25, 0.3) is 0 Å². The lowest BCUT2D eigenvalue weighted by Gasteiger charge is -2.18. The Bertz CT molecular complexity index is 312. The number of rotatable bonds is 1. The number of hydrogen-bond donors (Lipinski definition) is 1. The maximum absolute atomic E-state index is 3.67. The van der Waals surface area contributed by atoms with Gasteiger partial charge in [-0.3, -0.25) is 0 Å². The predicted molar refractivity (Wildman–Crippen MR) is 65.3 cm³/mol. The molecule has 1 heterocycles. The zero-order chi connectivity index (χ0) is 9.38. The topological polar surface area (TPSA) is 12.0 Å². The summed E-state index contributed by atoms with van der Waals surface area (Å²) in [5.41, 5.74) is 1.49. The summed E-state index contributed by atoms with van der Waals surface area (Å²) in [5.74, 6) is 1.87. The Hall–Kier alpha value is -0.530. The minimum atomic E-state index is 0. The van der Waals surface area contributed by atoms with Crippen LogP contribution in [0.25, 0.3) is 0 Å². The summed E-state index contributed by atoms with van der Waals surface area (Å²) in [6, 6.07) is 11.6. The van der Waals surface area contributed by atoms with E-state index in [0.717, 1.165) is 11.8 Å². The van der Waals surface area contributed by atoms with Gasteiger partial charge >= 0.3 is 0 Å². The molecule has 2 fully saturated rings. The molecule has 3 rings (SSSR count). The molecule has 1 saturated carbocycles. The molecule has 2 aliphatic rings. The van der Waals surface area contributed by atoms with Crippen molar-refractivity contribution in [3.63, 3.8) is 0 Å². The quantitative estimate of drug-likeness (QED) is 0.771. The molecule has 0 amide bonds. The zero-order valence-electron chi connectivity index (χ0n) is 8.86. The van der Waals surface area contributed by atoms with Gasteiger partial charge < -0.3 is 5.32 Å². The molecule has 1 aliphatic heterocycles. The first-order valence-corrected chi connectivity index (χ1v) is 5.73. The highest BCUT2D eigenvalue weighted by atomic mass is 35.5. The largest absolute Gasteiger partial charge is 0.309 e. The zero-order valence-corrected chi connectivity index (χ0v) is 9.67. The van der Waals surface area contributed by atoms with Crippen molar-refractivity contribution in [1.82, 2.24) is 5.32 Å². The fourth-order valence-corrected chi connectivity index (χ4v) is 3.21. The Morgan fingerprint density at radius 3 is 2.67 bits per heavy atom. The molecule has 0 aromatic heterocycles. The van der Waals surface area contributed by atoms with Crippen molar-refractivity contribution in [1.29, 1.82) is 0 Å². The van der Waals surface area contributed by atoms with Crippen LogP contribution in [0.3, 0.4) is 0 Å². The predicted octanol–water partition coefficient (Wildman–Crippen LogP) is 3.17. The monoisotopic (exact) mass is 223 g/mol. The van der Waals surface area contributed by atoms with E-state index in [1.165, 1.54) is 31.4 Å². The molecule has 0 unspecified atom stereocenters. The highest BCUT2D eigenvalue weighted by Gasteiger charge is 2.39. The minimum absolute atomic E-state index is 0. The van der Waals surface area contributed by atoms with Crippen LogP contribution in [0.2, 0.25) is 0 Å². The number of fused-ring (bicyclic) bond motifs is 1. The van der Waals surface area contributed by atoms with Crippen molar-refractivity contribution in [2.24, 2.45) is 11.8 Å². The van der Waals surface area contributed by atoms with Gasteiger partial charge in [-0.15, -0.1) is 12.4 Å². The number of benzene rings is 1. The van der Waals surface area contributed by atoms with Crippen molar-refractivity contribution in [3.05, 3.63) is 35.9 Å². The fourth-order valence-electron chi connectivity index (χ4n) is 3.21. The Morgan fingerprint density at radius 1 is 1.07 bits per heavy atom. The average Bonchev–Trinajstić information content (AvgIpc) is 2.79. The van der Waals surface area contributed by atoms with Crippen LogP contribution in [0, 0.1) is 11.8 Å². The van der Waals surface area contributed by atoms with Gasteiger partial charge in [0.1, 0.15) is 0 Å². The summed E-state index contributed by atoms with van der Waals surface area (Å²) >= 11 is 0. The lowest BCUT2D eigenvalue weighted by molar-refractivity contribution is 0.421. The van der Waals surface area contributed by atoms with Gasteiger partial charge in [-0.1, -0.05) is 36.8 Å². The van der Waals surface area contributed by atoms with Gasteiger partial charge in [-0.25, -0.2) is 0 Å². The van der Waals surface area contributed by atoms with Crippen LogP contribution in [0.15, 0.2) is 30.3 Å². The van der Waals surface area contributed by atoms with E-state index in [-0.39, 0.29) is 12.4 Å². The molecule has 15 heavy (non-hydrogen) atoms. The maximum atomic E-state index is 3.67. The van der Waals surface area contributed by atoms with E-state index in [9.17, 15) is 0 Å². The standard InChI is InChI=1S/C13H17N.ClH/c1-2-5-10(6-3-1)13-12-8-4-7-11(12)9-14-13;/h1-3,5-6,11-14H,4,7-9H2;1H/t11-,12-,13+;/m0./s1. The molecule has 1 aromatic carbocycles. The molecule has 0 radical (unpaired) electrons. The van der Waals surface area contributed by atoms with E-state index < -0.39 is 0 Å². The second kappa shape index (κ2) is 4.54. The van der Waals surface area contributed by atoms with Gasteiger partial charge in [0, 0.05) is 6.04 Å². The average molecular weight is 224 g/mol. The lowest BCUT2D eigenvalue weighted by atomic mass is 9.90. The third kappa shape index (κ3) is 1.91. The van der Waals surface area contributed by atoms with Crippen molar-refractivity contribution in [3.8, 4) is 0 Å². The highest BCUT2D eigenvalue weighted by molar-refractivity contribution is 5.85. The first-order valence-electron chi connectivity index (χ1n) is 5.73. The first-order chi connectivity index (χ1) is 6.95. The van der Waals surface area contributed by atoms with Crippen LogP contribution >= 0.6 is 12.4 Å². The number of nitrogens with one attached hydrogen (secondary N) is 1. The van der Waals surface area contributed by atoms with Gasteiger partial charge in [-0.2, -0.15) is 0 Å². The second-order valence-corrected chi connectivity index (χ2v) is 4.65. The fraction of sp³-hybridized carbons (Fsp3) is 0.538. The maximum Gasteiger partial charge on any atom is 0.0351 e. The van der Waals surface area contributed by atoms with Gasteiger partial charge in [0.05, 0.1) is 0 Å². The Morgan fingerprint density at radius 2 is 1.87 bits per heavy atom. The Balaban J connectivity index is 0.000000853. The van der Waals surface area contributed by atoms with Gasteiger partial charge in [-0.05, 0) is 36.8 Å². The number of halogens is 1. The molecule has 1 N–H and O–H groups in total. The SMILES string of the molecule is Cl.c1ccc([C@H]2NC[C@@H]3CCC[C@@H]32)cc1. The third-order valence-corrected chi connectivity index (χ3v) is 3.90. The molecule has 1 saturated heterocycles. The summed E-state index contributed by atoms with van der Waals surface area (Å²) < 4.78 is 0. The molecular formula is C13H18ClN. The van der Waals surface area contributed by atoms with Crippen LogP contribution in [-0.2, 0) is 0 Å². The van der Waals surface area contributed by atoms with Crippen LogP contribution < -0.4 is 5.32 Å². The van der Waals surface area contributed by atoms with Crippen LogP contribution in [-0.4, -0.2) is 6.54 Å². The van der Waals surface area contributed by atoms with Crippen molar-refractivity contribution >= 4 is 12.4 Å². The lowest BCUT2D eigenvalue weighted by Crippen LogP contribution is -2.17. The molecule has 1 aliphatic carbocycles. The minimum Gasteiger partial charge on any atom is -0.309 e. The molecule has 0 spiro atoms. The van der Waals surface area contributed by atoms with E-state index in [0.29, 0.717) is 6.04 Å². The molecule has 0 bridgehead atoms. The molecule has 82 valence electrons. The van der Waals surface area contributed by atoms with E-state index >= 15 is 0 Å². The van der Waals surface area contributed by atoms with Crippen molar-refractivity contribution in [2.45, 2.75) is 25.3 Å². The Kier molecular flexibility index (Phi) is 3.32. The van der Waals surface area contributed by atoms with E-state index in [2.05, 4.69) is 35.6 Å². The molecule has 1 nitrogen and oxygen atoms in total.